The monoisotopic (exact) mass is 354 g/mol. The van der Waals surface area contributed by atoms with Gasteiger partial charge in [-0.2, -0.15) is 0 Å². The van der Waals surface area contributed by atoms with E-state index in [9.17, 15) is 40.9 Å². The number of aliphatic hydroxyl groups excluding tert-OH is 8. The molecule has 2 fully saturated rings. The van der Waals surface area contributed by atoms with Gasteiger partial charge in [0.1, 0.15) is 54.6 Å². The van der Waals surface area contributed by atoms with Gasteiger partial charge >= 0.3 is 0 Å². The number of hydrogen-bond donors (Lipinski definition) is 8. The van der Waals surface area contributed by atoms with Gasteiger partial charge in [-0.15, -0.1) is 0 Å². The van der Waals surface area contributed by atoms with Gasteiger partial charge in [0.25, 0.3) is 0 Å². The topological polar surface area (TPSA) is 190 Å². The van der Waals surface area contributed by atoms with Crippen LogP contribution in [-0.2, 0) is 14.2 Å². The molecule has 10 atom stereocenters. The fourth-order valence-corrected chi connectivity index (χ4v) is 2.63. The smallest absolute Gasteiger partial charge is 0.187 e. The van der Waals surface area contributed by atoms with Crippen molar-refractivity contribution < 1.29 is 55.1 Å². The Morgan fingerprint density at radius 2 is 1.50 bits per heavy atom. The van der Waals surface area contributed by atoms with E-state index in [-0.39, 0.29) is 0 Å². The second kappa shape index (κ2) is 7.58. The van der Waals surface area contributed by atoms with Gasteiger partial charge in [0, 0.05) is 0 Å². The lowest BCUT2D eigenvalue weighted by atomic mass is 9.96. The maximum atomic E-state index is 9.98. The third-order valence-corrected chi connectivity index (χ3v) is 4.03. The molecule has 2 saturated heterocycles. The summed E-state index contributed by atoms with van der Waals surface area (Å²) in [6.45, 7) is 2.47. The predicted molar refractivity (Wildman–Crippen MR) is 73.3 cm³/mol. The Morgan fingerprint density at radius 3 is 2.04 bits per heavy atom. The first-order valence-corrected chi connectivity index (χ1v) is 7.22. The summed E-state index contributed by atoms with van der Waals surface area (Å²) in [6.07, 6.45) is -16.3. The summed E-state index contributed by atoms with van der Waals surface area (Å²) in [6, 6.07) is 0. The molecule has 0 saturated carbocycles. The van der Waals surface area contributed by atoms with Gasteiger partial charge in [0.05, 0.1) is 6.61 Å². The normalized spacial score (nSPS) is 49.8. The average Bonchev–Trinajstić information content (AvgIpc) is 2.54. The van der Waals surface area contributed by atoms with Crippen molar-refractivity contribution in [1.82, 2.24) is 0 Å². The summed E-state index contributed by atoms with van der Waals surface area (Å²) in [5.41, 5.74) is 0. The third-order valence-electron chi connectivity index (χ3n) is 4.03. The lowest BCUT2D eigenvalue weighted by molar-refractivity contribution is -0.351. The molecule has 0 amide bonds. The van der Waals surface area contributed by atoms with E-state index in [1.165, 1.54) is 0 Å². The molecular weight excluding hydrogens is 332 g/mol. The van der Waals surface area contributed by atoms with Crippen molar-refractivity contribution >= 4 is 0 Å². The molecule has 24 heavy (non-hydrogen) atoms. The zero-order chi connectivity index (χ0) is 18.2. The van der Waals surface area contributed by atoms with Crippen molar-refractivity contribution in [2.24, 2.45) is 0 Å². The van der Waals surface area contributed by atoms with E-state index < -0.39 is 73.8 Å². The minimum Gasteiger partial charge on any atom is -0.510 e. The highest BCUT2D eigenvalue weighted by molar-refractivity contribution is 5.03. The van der Waals surface area contributed by atoms with Crippen LogP contribution in [0.1, 0.15) is 0 Å². The van der Waals surface area contributed by atoms with Crippen molar-refractivity contribution in [3.05, 3.63) is 12.3 Å². The van der Waals surface area contributed by atoms with E-state index in [0.717, 1.165) is 0 Å². The summed E-state index contributed by atoms with van der Waals surface area (Å²) in [5, 5.41) is 77.1. The van der Waals surface area contributed by atoms with E-state index in [4.69, 9.17) is 14.2 Å². The fourth-order valence-electron chi connectivity index (χ4n) is 2.63. The van der Waals surface area contributed by atoms with Crippen LogP contribution in [0.3, 0.4) is 0 Å². The van der Waals surface area contributed by atoms with Crippen LogP contribution < -0.4 is 0 Å². The molecular formula is C13H22O11. The first-order chi connectivity index (χ1) is 11.2. The second-order valence-corrected chi connectivity index (χ2v) is 5.72. The Balaban J connectivity index is 2.16. The number of ether oxygens (including phenoxy) is 3. The molecule has 1 unspecified atom stereocenters. The number of rotatable bonds is 4. The van der Waals surface area contributed by atoms with Gasteiger partial charge in [0.15, 0.2) is 12.6 Å². The van der Waals surface area contributed by atoms with Crippen molar-refractivity contribution in [2.45, 2.75) is 61.4 Å². The van der Waals surface area contributed by atoms with Crippen LogP contribution in [0.5, 0.6) is 0 Å². The van der Waals surface area contributed by atoms with E-state index in [1.807, 2.05) is 0 Å². The predicted octanol–water partition coefficient (Wildman–Crippen LogP) is -4.32. The van der Waals surface area contributed by atoms with Gasteiger partial charge in [-0.25, -0.2) is 0 Å². The summed E-state index contributed by atoms with van der Waals surface area (Å²) >= 11 is 0. The van der Waals surface area contributed by atoms with Gasteiger partial charge in [-0.05, 0) is 0 Å². The van der Waals surface area contributed by atoms with Crippen molar-refractivity contribution in [1.29, 1.82) is 0 Å². The van der Waals surface area contributed by atoms with Crippen LogP contribution >= 0.6 is 0 Å². The highest BCUT2D eigenvalue weighted by atomic mass is 16.7. The van der Waals surface area contributed by atoms with Crippen molar-refractivity contribution in [3.8, 4) is 0 Å². The van der Waals surface area contributed by atoms with Crippen LogP contribution in [0, 0.1) is 0 Å². The standard InChI is InChI=1S/C13H22O11/c1-3(15)10-6(17)5(16)9(20)13(23-10)24-11-4(2-14)22-12(21)8(19)7(11)18/h4-21H,1-2H2/t4-,5+,6-,7-,8-,9-,10-,11-,12?,13+/m1/s1. The maximum Gasteiger partial charge on any atom is 0.187 e. The zero-order valence-corrected chi connectivity index (χ0v) is 12.5. The van der Waals surface area contributed by atoms with Crippen LogP contribution in [-0.4, -0.2) is 109 Å². The Labute approximate surface area is 136 Å². The number of aliphatic hydroxyl groups is 8. The molecule has 2 rings (SSSR count). The van der Waals surface area contributed by atoms with Gasteiger partial charge in [-0.1, -0.05) is 6.58 Å². The third kappa shape index (κ3) is 3.55. The minimum absolute atomic E-state index is 0.628. The lowest BCUT2D eigenvalue weighted by Crippen LogP contribution is -2.64. The van der Waals surface area contributed by atoms with E-state index in [1.54, 1.807) is 0 Å². The quantitative estimate of drug-likeness (QED) is 0.228. The largest absolute Gasteiger partial charge is 0.510 e. The lowest BCUT2D eigenvalue weighted by Gasteiger charge is -2.45. The van der Waals surface area contributed by atoms with Gasteiger partial charge in [-0.3, -0.25) is 0 Å². The molecule has 140 valence electrons. The average molecular weight is 354 g/mol. The molecule has 2 aliphatic heterocycles. The van der Waals surface area contributed by atoms with Gasteiger partial charge in [0.2, 0.25) is 0 Å². The molecule has 11 nitrogen and oxygen atoms in total. The first kappa shape index (κ1) is 19.5. The zero-order valence-electron chi connectivity index (χ0n) is 12.5. The van der Waals surface area contributed by atoms with E-state index in [2.05, 4.69) is 6.58 Å². The molecule has 0 aromatic heterocycles. The first-order valence-electron chi connectivity index (χ1n) is 7.22. The van der Waals surface area contributed by atoms with Crippen LogP contribution in [0.25, 0.3) is 0 Å². The maximum absolute atomic E-state index is 9.98. The summed E-state index contributed by atoms with van der Waals surface area (Å²) < 4.78 is 15.3. The van der Waals surface area contributed by atoms with Crippen molar-refractivity contribution in [3.63, 3.8) is 0 Å². The Morgan fingerprint density at radius 1 is 0.875 bits per heavy atom. The Hall–Kier alpha value is -0.860. The highest BCUT2D eigenvalue weighted by Gasteiger charge is 2.50. The molecule has 0 aromatic carbocycles. The molecule has 11 heteroatoms. The summed E-state index contributed by atoms with van der Waals surface area (Å²) in [7, 11) is 0. The summed E-state index contributed by atoms with van der Waals surface area (Å²) in [4.78, 5) is 0. The highest BCUT2D eigenvalue weighted by Crippen LogP contribution is 2.29. The minimum atomic E-state index is -1.77. The van der Waals surface area contributed by atoms with E-state index >= 15 is 0 Å². The summed E-state index contributed by atoms with van der Waals surface area (Å²) in [5.74, 6) is -0.628. The molecule has 2 aliphatic rings. The molecule has 0 bridgehead atoms. The van der Waals surface area contributed by atoms with E-state index in [0.29, 0.717) is 0 Å². The molecule has 0 radical (unpaired) electrons. The van der Waals surface area contributed by atoms with Crippen LogP contribution in [0.2, 0.25) is 0 Å². The SMILES string of the molecule is C=C(O)[C@H]1O[C@@H](O[C@H]2[C@H](O)[C@@H](O)C(O)O[C@@H]2CO)[C@H](O)[C@@H](O)[C@H]1O. The fraction of sp³-hybridized carbons (Fsp3) is 0.846. The molecule has 0 aliphatic carbocycles. The Bertz CT molecular complexity index is 444. The second-order valence-electron chi connectivity index (χ2n) is 5.72. The molecule has 0 spiro atoms. The van der Waals surface area contributed by atoms with Gasteiger partial charge < -0.3 is 55.1 Å². The number of hydrogen-bond acceptors (Lipinski definition) is 11. The molecule has 8 N–H and O–H groups in total. The van der Waals surface area contributed by atoms with Crippen LogP contribution in [0.15, 0.2) is 12.3 Å². The molecule has 2 heterocycles. The molecule has 0 aromatic rings. The van der Waals surface area contributed by atoms with Crippen LogP contribution in [0.4, 0.5) is 0 Å². The van der Waals surface area contributed by atoms with Crippen molar-refractivity contribution in [2.75, 3.05) is 6.61 Å². The Kier molecular flexibility index (Phi) is 6.14.